The Morgan fingerprint density at radius 2 is 1.53 bits per heavy atom. The van der Waals surface area contributed by atoms with Crippen molar-refractivity contribution in [2.75, 3.05) is 6.54 Å². The largest absolute Gasteiger partial charge is 0.314 e. The van der Waals surface area contributed by atoms with E-state index in [4.69, 9.17) is 0 Å². The normalized spacial score (nSPS) is 20.4. The SMILES string of the molecule is CCCCCCCCC(NCC)C1(C)CCCCC1. The molecule has 114 valence electrons. The van der Waals surface area contributed by atoms with Crippen molar-refractivity contribution in [1.29, 1.82) is 0 Å². The second kappa shape index (κ2) is 9.80. The van der Waals surface area contributed by atoms with Gasteiger partial charge in [-0.1, -0.05) is 78.6 Å². The molecule has 0 bridgehead atoms. The van der Waals surface area contributed by atoms with Crippen molar-refractivity contribution in [2.45, 2.75) is 104 Å². The first-order valence-electron chi connectivity index (χ1n) is 8.96. The second-order valence-electron chi connectivity index (χ2n) is 6.88. The Morgan fingerprint density at radius 3 is 2.16 bits per heavy atom. The average molecular weight is 268 g/mol. The van der Waals surface area contributed by atoms with Crippen molar-refractivity contribution in [3.8, 4) is 0 Å². The van der Waals surface area contributed by atoms with Crippen molar-refractivity contribution in [3.05, 3.63) is 0 Å². The molecule has 19 heavy (non-hydrogen) atoms. The molecule has 0 aromatic carbocycles. The van der Waals surface area contributed by atoms with Gasteiger partial charge in [0.2, 0.25) is 0 Å². The first-order chi connectivity index (χ1) is 9.23. The third-order valence-electron chi connectivity index (χ3n) is 5.13. The maximum absolute atomic E-state index is 3.79. The molecular formula is C18H37N. The molecule has 0 aromatic heterocycles. The zero-order valence-electron chi connectivity index (χ0n) is 13.8. The van der Waals surface area contributed by atoms with Crippen LogP contribution in [0.3, 0.4) is 0 Å². The van der Waals surface area contributed by atoms with Crippen LogP contribution in [0.15, 0.2) is 0 Å². The molecule has 1 atom stereocenters. The molecule has 0 saturated heterocycles. The summed E-state index contributed by atoms with van der Waals surface area (Å²) < 4.78 is 0. The van der Waals surface area contributed by atoms with Crippen molar-refractivity contribution >= 4 is 0 Å². The van der Waals surface area contributed by atoms with Gasteiger partial charge in [-0.05, 0) is 31.2 Å². The van der Waals surface area contributed by atoms with Gasteiger partial charge in [0.15, 0.2) is 0 Å². The molecule has 1 aliphatic rings. The van der Waals surface area contributed by atoms with E-state index >= 15 is 0 Å². The molecule has 0 amide bonds. The van der Waals surface area contributed by atoms with E-state index < -0.39 is 0 Å². The minimum atomic E-state index is 0.581. The Kier molecular flexibility index (Phi) is 8.77. The van der Waals surface area contributed by atoms with E-state index in [1.54, 1.807) is 0 Å². The van der Waals surface area contributed by atoms with Crippen molar-refractivity contribution in [1.82, 2.24) is 5.32 Å². The zero-order valence-corrected chi connectivity index (χ0v) is 13.8. The number of rotatable bonds is 10. The van der Waals surface area contributed by atoms with E-state index in [0.29, 0.717) is 5.41 Å². The van der Waals surface area contributed by atoms with Crippen LogP contribution in [0.5, 0.6) is 0 Å². The van der Waals surface area contributed by atoms with Crippen LogP contribution < -0.4 is 5.32 Å². The molecule has 0 radical (unpaired) electrons. The Morgan fingerprint density at radius 1 is 0.895 bits per heavy atom. The summed E-state index contributed by atoms with van der Waals surface area (Å²) >= 11 is 0. The highest BCUT2D eigenvalue weighted by Gasteiger charge is 2.34. The number of nitrogens with one attached hydrogen (secondary N) is 1. The van der Waals surface area contributed by atoms with E-state index in [-0.39, 0.29) is 0 Å². The van der Waals surface area contributed by atoms with E-state index in [1.807, 2.05) is 0 Å². The zero-order chi connectivity index (χ0) is 14.0. The van der Waals surface area contributed by atoms with E-state index in [0.717, 1.165) is 12.6 Å². The third kappa shape index (κ3) is 6.29. The molecule has 0 aliphatic heterocycles. The summed E-state index contributed by atoms with van der Waals surface area (Å²) in [5.41, 5.74) is 0.581. The Bertz CT molecular complexity index is 206. The Labute approximate surface area is 121 Å². The standard InChI is InChI=1S/C18H37N/c1-4-6-7-8-9-11-14-17(19-5-2)18(3)15-12-10-13-16-18/h17,19H,4-16H2,1-3H3. The second-order valence-corrected chi connectivity index (χ2v) is 6.88. The molecule has 1 saturated carbocycles. The summed E-state index contributed by atoms with van der Waals surface area (Å²) in [6.07, 6.45) is 17.2. The van der Waals surface area contributed by atoms with E-state index in [9.17, 15) is 0 Å². The van der Waals surface area contributed by atoms with Gasteiger partial charge in [0, 0.05) is 6.04 Å². The third-order valence-corrected chi connectivity index (χ3v) is 5.13. The number of hydrogen-bond acceptors (Lipinski definition) is 1. The molecule has 0 spiro atoms. The van der Waals surface area contributed by atoms with Gasteiger partial charge < -0.3 is 5.32 Å². The topological polar surface area (TPSA) is 12.0 Å². The molecule has 1 unspecified atom stereocenters. The lowest BCUT2D eigenvalue weighted by Gasteiger charge is -2.41. The summed E-state index contributed by atoms with van der Waals surface area (Å²) in [5, 5.41) is 3.79. The monoisotopic (exact) mass is 267 g/mol. The lowest BCUT2D eigenvalue weighted by molar-refractivity contribution is 0.136. The smallest absolute Gasteiger partial charge is 0.0121 e. The minimum absolute atomic E-state index is 0.581. The summed E-state index contributed by atoms with van der Waals surface area (Å²) in [5.74, 6) is 0. The van der Waals surface area contributed by atoms with E-state index in [1.165, 1.54) is 77.0 Å². The quantitative estimate of drug-likeness (QED) is 0.502. The fourth-order valence-electron chi connectivity index (χ4n) is 3.78. The summed E-state index contributed by atoms with van der Waals surface area (Å²) in [7, 11) is 0. The van der Waals surface area contributed by atoms with Crippen LogP contribution >= 0.6 is 0 Å². The molecule has 1 N–H and O–H groups in total. The van der Waals surface area contributed by atoms with Crippen molar-refractivity contribution < 1.29 is 0 Å². The minimum Gasteiger partial charge on any atom is -0.314 e. The molecule has 1 nitrogen and oxygen atoms in total. The summed E-state index contributed by atoms with van der Waals surface area (Å²) in [6, 6.07) is 0.768. The molecule has 1 heteroatoms. The van der Waals surface area contributed by atoms with Gasteiger partial charge in [0.25, 0.3) is 0 Å². The highest BCUT2D eigenvalue weighted by molar-refractivity contribution is 4.89. The highest BCUT2D eigenvalue weighted by atomic mass is 14.9. The van der Waals surface area contributed by atoms with Gasteiger partial charge >= 0.3 is 0 Å². The molecular weight excluding hydrogens is 230 g/mol. The van der Waals surface area contributed by atoms with Crippen LogP contribution in [-0.2, 0) is 0 Å². The maximum atomic E-state index is 3.79. The predicted octanol–water partition coefficient (Wildman–Crippen LogP) is 5.69. The van der Waals surface area contributed by atoms with Gasteiger partial charge in [0.05, 0.1) is 0 Å². The molecule has 1 rings (SSSR count). The van der Waals surface area contributed by atoms with Crippen LogP contribution in [0.25, 0.3) is 0 Å². The van der Waals surface area contributed by atoms with Crippen LogP contribution in [0, 0.1) is 5.41 Å². The van der Waals surface area contributed by atoms with Crippen LogP contribution in [-0.4, -0.2) is 12.6 Å². The molecule has 0 heterocycles. The average Bonchev–Trinajstić information content (AvgIpc) is 2.42. The van der Waals surface area contributed by atoms with Gasteiger partial charge in [0.1, 0.15) is 0 Å². The van der Waals surface area contributed by atoms with E-state index in [2.05, 4.69) is 26.1 Å². The first-order valence-corrected chi connectivity index (χ1v) is 8.96. The van der Waals surface area contributed by atoms with Crippen LogP contribution in [0.4, 0.5) is 0 Å². The Balaban J connectivity index is 2.27. The van der Waals surface area contributed by atoms with Crippen molar-refractivity contribution in [2.24, 2.45) is 5.41 Å². The summed E-state index contributed by atoms with van der Waals surface area (Å²) in [6.45, 7) is 8.23. The predicted molar refractivity (Wildman–Crippen MR) is 86.6 cm³/mol. The summed E-state index contributed by atoms with van der Waals surface area (Å²) in [4.78, 5) is 0. The van der Waals surface area contributed by atoms with Gasteiger partial charge in [-0.2, -0.15) is 0 Å². The van der Waals surface area contributed by atoms with Crippen LogP contribution in [0.1, 0.15) is 97.8 Å². The lowest BCUT2D eigenvalue weighted by atomic mass is 9.69. The van der Waals surface area contributed by atoms with Gasteiger partial charge in [-0.25, -0.2) is 0 Å². The maximum Gasteiger partial charge on any atom is 0.0121 e. The molecule has 1 aliphatic carbocycles. The molecule has 0 aromatic rings. The van der Waals surface area contributed by atoms with Gasteiger partial charge in [-0.3, -0.25) is 0 Å². The molecule has 1 fully saturated rings. The fourth-order valence-corrected chi connectivity index (χ4v) is 3.78. The lowest BCUT2D eigenvalue weighted by Crippen LogP contribution is -2.44. The number of unbranched alkanes of at least 4 members (excludes halogenated alkanes) is 5. The van der Waals surface area contributed by atoms with Gasteiger partial charge in [-0.15, -0.1) is 0 Å². The van der Waals surface area contributed by atoms with Crippen molar-refractivity contribution in [3.63, 3.8) is 0 Å². The van der Waals surface area contributed by atoms with Crippen LogP contribution in [0.2, 0.25) is 0 Å². The number of hydrogen-bond donors (Lipinski definition) is 1. The highest BCUT2D eigenvalue weighted by Crippen LogP contribution is 2.40. The Hall–Kier alpha value is -0.0400. The fraction of sp³-hybridized carbons (Fsp3) is 1.00. The first kappa shape index (κ1) is 17.0.